The van der Waals surface area contributed by atoms with Gasteiger partial charge in [-0.25, -0.2) is 8.42 Å². The van der Waals surface area contributed by atoms with Crippen molar-refractivity contribution >= 4 is 9.84 Å². The zero-order valence-corrected chi connectivity index (χ0v) is 15.8. The third kappa shape index (κ3) is 4.37. The SMILES string of the molecule is C=CC(c1ccc(-c2nnn(C)n2)cc1)S(=O)(=O)CCC1CCNCC1. The first-order valence-electron chi connectivity index (χ1n) is 8.89. The molecule has 0 radical (unpaired) electrons. The van der Waals surface area contributed by atoms with Gasteiger partial charge < -0.3 is 5.32 Å². The van der Waals surface area contributed by atoms with Crippen molar-refractivity contribution in [1.82, 2.24) is 25.5 Å². The summed E-state index contributed by atoms with van der Waals surface area (Å²) in [5.41, 5.74) is 1.52. The van der Waals surface area contributed by atoms with Crippen LogP contribution in [-0.2, 0) is 16.9 Å². The van der Waals surface area contributed by atoms with Crippen LogP contribution in [0, 0.1) is 5.92 Å². The Hall–Kier alpha value is -2.06. The highest BCUT2D eigenvalue weighted by Crippen LogP contribution is 2.28. The molecule has 26 heavy (non-hydrogen) atoms. The third-order valence-electron chi connectivity index (χ3n) is 4.88. The van der Waals surface area contributed by atoms with Crippen LogP contribution in [0.25, 0.3) is 11.4 Å². The molecular formula is C18H25N5O2S. The van der Waals surface area contributed by atoms with E-state index in [1.54, 1.807) is 19.2 Å². The number of aromatic nitrogens is 4. The Morgan fingerprint density at radius 3 is 2.58 bits per heavy atom. The van der Waals surface area contributed by atoms with E-state index in [1.165, 1.54) is 10.9 Å². The number of sulfone groups is 1. The summed E-state index contributed by atoms with van der Waals surface area (Å²) in [4.78, 5) is 1.39. The second kappa shape index (κ2) is 8.09. The van der Waals surface area contributed by atoms with Crippen LogP contribution < -0.4 is 5.32 Å². The summed E-state index contributed by atoms with van der Waals surface area (Å²) in [6.07, 6.45) is 4.34. The van der Waals surface area contributed by atoms with Gasteiger partial charge in [0.1, 0.15) is 5.25 Å². The zero-order chi connectivity index (χ0) is 18.6. The van der Waals surface area contributed by atoms with Crippen molar-refractivity contribution in [3.05, 3.63) is 42.5 Å². The number of hydrogen-bond acceptors (Lipinski definition) is 6. The van der Waals surface area contributed by atoms with E-state index in [0.717, 1.165) is 43.5 Å². The van der Waals surface area contributed by atoms with Crippen LogP contribution in [0.5, 0.6) is 0 Å². The van der Waals surface area contributed by atoms with Crippen LogP contribution >= 0.6 is 0 Å². The number of hydrogen-bond donors (Lipinski definition) is 1. The summed E-state index contributed by atoms with van der Waals surface area (Å²) in [5, 5.41) is 14.6. The largest absolute Gasteiger partial charge is 0.317 e. The third-order valence-corrected chi connectivity index (χ3v) is 6.92. The lowest BCUT2D eigenvalue weighted by atomic mass is 9.96. The van der Waals surface area contributed by atoms with Gasteiger partial charge in [-0.15, -0.1) is 16.8 Å². The van der Waals surface area contributed by atoms with Crippen molar-refractivity contribution in [2.45, 2.75) is 24.5 Å². The van der Waals surface area contributed by atoms with Crippen molar-refractivity contribution in [2.75, 3.05) is 18.8 Å². The maximum atomic E-state index is 12.8. The van der Waals surface area contributed by atoms with Crippen molar-refractivity contribution in [3.63, 3.8) is 0 Å². The Bertz CT molecular complexity index is 839. The molecule has 0 amide bonds. The Kier molecular flexibility index (Phi) is 5.83. The Balaban J connectivity index is 1.71. The standard InChI is InChI=1S/C18H25N5O2S/c1-3-17(26(24,25)13-10-14-8-11-19-12-9-14)15-4-6-16(7-5-15)18-20-22-23(2)21-18/h3-7,14,17,19H,1,8-13H2,2H3. The van der Waals surface area contributed by atoms with Crippen LogP contribution in [0.2, 0.25) is 0 Å². The summed E-state index contributed by atoms with van der Waals surface area (Å²) in [6, 6.07) is 7.26. The number of aryl methyl sites for hydroxylation is 1. The lowest BCUT2D eigenvalue weighted by Crippen LogP contribution is -2.29. The first-order valence-corrected chi connectivity index (χ1v) is 10.6. The second-order valence-electron chi connectivity index (χ2n) is 6.73. The molecular weight excluding hydrogens is 350 g/mol. The van der Waals surface area contributed by atoms with Crippen molar-refractivity contribution in [2.24, 2.45) is 13.0 Å². The predicted octanol–water partition coefficient (Wildman–Crippen LogP) is 1.91. The molecule has 2 aromatic rings. The van der Waals surface area contributed by atoms with Gasteiger partial charge >= 0.3 is 0 Å². The zero-order valence-electron chi connectivity index (χ0n) is 15.0. The molecule has 3 rings (SSSR count). The van der Waals surface area contributed by atoms with Crippen LogP contribution in [0.15, 0.2) is 36.9 Å². The number of benzene rings is 1. The monoisotopic (exact) mass is 375 g/mol. The number of nitrogens with zero attached hydrogens (tertiary/aromatic N) is 4. The summed E-state index contributed by atoms with van der Waals surface area (Å²) in [6.45, 7) is 5.71. The van der Waals surface area contributed by atoms with Gasteiger partial charge in [0.15, 0.2) is 9.84 Å². The molecule has 1 aliphatic heterocycles. The first-order chi connectivity index (χ1) is 12.5. The molecule has 1 atom stereocenters. The molecule has 2 heterocycles. The molecule has 0 spiro atoms. The number of tetrazole rings is 1. The lowest BCUT2D eigenvalue weighted by Gasteiger charge is -2.23. The van der Waals surface area contributed by atoms with Crippen molar-refractivity contribution in [1.29, 1.82) is 0 Å². The highest BCUT2D eigenvalue weighted by Gasteiger charge is 2.26. The van der Waals surface area contributed by atoms with E-state index in [4.69, 9.17) is 0 Å². The molecule has 1 unspecified atom stereocenters. The van der Waals surface area contributed by atoms with Gasteiger partial charge in [-0.3, -0.25) is 0 Å². The van der Waals surface area contributed by atoms with E-state index >= 15 is 0 Å². The van der Waals surface area contributed by atoms with Gasteiger partial charge in [-0.1, -0.05) is 30.3 Å². The average Bonchev–Trinajstić information content (AvgIpc) is 3.08. The molecule has 0 saturated carbocycles. The van der Waals surface area contributed by atoms with E-state index in [9.17, 15) is 8.42 Å². The minimum absolute atomic E-state index is 0.196. The Morgan fingerprint density at radius 1 is 1.31 bits per heavy atom. The predicted molar refractivity (Wildman–Crippen MR) is 101 cm³/mol. The first kappa shape index (κ1) is 18.7. The summed E-state index contributed by atoms with van der Waals surface area (Å²) in [7, 11) is -1.58. The lowest BCUT2D eigenvalue weighted by molar-refractivity contribution is 0.365. The Labute approximate surface area is 154 Å². The second-order valence-corrected chi connectivity index (χ2v) is 8.97. The molecule has 1 saturated heterocycles. The van der Waals surface area contributed by atoms with Gasteiger partial charge in [0, 0.05) is 5.56 Å². The van der Waals surface area contributed by atoms with Gasteiger partial charge in [0.25, 0.3) is 0 Å². The molecule has 1 N–H and O–H groups in total. The molecule has 0 bridgehead atoms. The minimum atomic E-state index is -3.28. The summed E-state index contributed by atoms with van der Waals surface area (Å²) in [5.74, 6) is 1.20. The van der Waals surface area contributed by atoms with Crippen LogP contribution in [0.1, 0.15) is 30.1 Å². The van der Waals surface area contributed by atoms with Crippen LogP contribution in [-0.4, -0.2) is 47.5 Å². The number of rotatable bonds is 7. The summed E-state index contributed by atoms with van der Waals surface area (Å²) >= 11 is 0. The van der Waals surface area contributed by atoms with Crippen LogP contribution in [0.3, 0.4) is 0 Å². The summed E-state index contributed by atoms with van der Waals surface area (Å²) < 4.78 is 25.7. The van der Waals surface area contributed by atoms with Crippen molar-refractivity contribution in [3.8, 4) is 11.4 Å². The molecule has 1 fully saturated rings. The maximum Gasteiger partial charge on any atom is 0.204 e. The fourth-order valence-electron chi connectivity index (χ4n) is 3.34. The van der Waals surface area contributed by atoms with E-state index in [1.807, 2.05) is 12.1 Å². The molecule has 1 aromatic heterocycles. The smallest absolute Gasteiger partial charge is 0.204 e. The van der Waals surface area contributed by atoms with Gasteiger partial charge in [0.05, 0.1) is 12.8 Å². The van der Waals surface area contributed by atoms with Crippen LogP contribution in [0.4, 0.5) is 0 Å². The molecule has 1 aromatic carbocycles. The molecule has 7 nitrogen and oxygen atoms in total. The van der Waals surface area contributed by atoms with E-state index in [2.05, 4.69) is 27.3 Å². The Morgan fingerprint density at radius 2 is 2.00 bits per heavy atom. The number of nitrogens with one attached hydrogen (secondary N) is 1. The molecule has 8 heteroatoms. The quantitative estimate of drug-likeness (QED) is 0.744. The molecule has 140 valence electrons. The van der Waals surface area contributed by atoms with E-state index in [-0.39, 0.29) is 5.75 Å². The van der Waals surface area contributed by atoms with Gasteiger partial charge in [-0.2, -0.15) is 4.80 Å². The molecule has 1 aliphatic rings. The molecule has 0 aliphatic carbocycles. The fraction of sp³-hybridized carbons (Fsp3) is 0.500. The highest BCUT2D eigenvalue weighted by atomic mass is 32.2. The van der Waals surface area contributed by atoms with Gasteiger partial charge in [0.2, 0.25) is 5.82 Å². The fourth-order valence-corrected chi connectivity index (χ4v) is 5.12. The van der Waals surface area contributed by atoms with E-state index < -0.39 is 15.1 Å². The topological polar surface area (TPSA) is 89.8 Å². The van der Waals surface area contributed by atoms with E-state index in [0.29, 0.717) is 11.7 Å². The van der Waals surface area contributed by atoms with Crippen molar-refractivity contribution < 1.29 is 8.42 Å². The number of piperidine rings is 1. The average molecular weight is 375 g/mol. The normalized spacial score (nSPS) is 17.1. The minimum Gasteiger partial charge on any atom is -0.317 e. The highest BCUT2D eigenvalue weighted by molar-refractivity contribution is 7.91. The van der Waals surface area contributed by atoms with Gasteiger partial charge in [-0.05, 0) is 49.0 Å². The maximum absolute atomic E-state index is 12.8.